The number of rotatable bonds is 6. The van der Waals surface area contributed by atoms with E-state index in [0.717, 1.165) is 11.3 Å². The van der Waals surface area contributed by atoms with Crippen LogP contribution in [0.15, 0.2) is 58.2 Å². The number of benzene rings is 2. The lowest BCUT2D eigenvalue weighted by Gasteiger charge is -2.07. The first kappa shape index (κ1) is 17.5. The maximum Gasteiger partial charge on any atom is 0.277 e. The van der Waals surface area contributed by atoms with Gasteiger partial charge in [-0.1, -0.05) is 23.4 Å². The van der Waals surface area contributed by atoms with E-state index in [9.17, 15) is 4.79 Å². The zero-order valence-electron chi connectivity index (χ0n) is 13.6. The van der Waals surface area contributed by atoms with Crippen molar-refractivity contribution < 1.29 is 13.9 Å². The van der Waals surface area contributed by atoms with Gasteiger partial charge in [0.1, 0.15) is 5.75 Å². The predicted molar refractivity (Wildman–Crippen MR) is 97.4 cm³/mol. The molecule has 0 aliphatic rings. The largest absolute Gasteiger partial charge is 0.497 e. The van der Waals surface area contributed by atoms with Gasteiger partial charge in [0.2, 0.25) is 5.89 Å². The van der Waals surface area contributed by atoms with Crippen LogP contribution in [0.3, 0.4) is 0 Å². The van der Waals surface area contributed by atoms with Gasteiger partial charge >= 0.3 is 0 Å². The number of carbonyl (C=O) groups excluding carboxylic acids is 1. The first-order valence-electron chi connectivity index (χ1n) is 7.51. The van der Waals surface area contributed by atoms with Crippen LogP contribution >= 0.6 is 23.4 Å². The molecule has 5 nitrogen and oxygen atoms in total. The molecular formula is C18H15ClN2O3S. The monoisotopic (exact) mass is 374 g/mol. The Morgan fingerprint density at radius 3 is 2.44 bits per heavy atom. The third-order valence-electron chi connectivity index (χ3n) is 3.52. The highest BCUT2D eigenvalue weighted by Crippen LogP contribution is 2.28. The first-order chi connectivity index (χ1) is 12.1. The molecule has 3 rings (SSSR count). The second kappa shape index (κ2) is 7.72. The van der Waals surface area contributed by atoms with E-state index in [0.29, 0.717) is 21.7 Å². The molecule has 0 spiro atoms. The number of hydrogen-bond acceptors (Lipinski definition) is 6. The van der Waals surface area contributed by atoms with Crippen molar-refractivity contribution in [2.75, 3.05) is 7.11 Å². The lowest BCUT2D eigenvalue weighted by molar-refractivity contribution is 0.0993. The summed E-state index contributed by atoms with van der Waals surface area (Å²) >= 11 is 7.07. The molecule has 0 amide bonds. The van der Waals surface area contributed by atoms with Gasteiger partial charge in [-0.25, -0.2) is 0 Å². The molecule has 0 fully saturated rings. The number of ketones is 1. The number of carbonyl (C=O) groups is 1. The fourth-order valence-electron chi connectivity index (χ4n) is 2.16. The van der Waals surface area contributed by atoms with E-state index in [1.165, 1.54) is 11.8 Å². The maximum atomic E-state index is 12.4. The summed E-state index contributed by atoms with van der Waals surface area (Å²) in [7, 11) is 1.61. The zero-order valence-corrected chi connectivity index (χ0v) is 15.2. The van der Waals surface area contributed by atoms with Gasteiger partial charge < -0.3 is 9.15 Å². The predicted octanol–water partition coefficient (Wildman–Crippen LogP) is 4.76. The molecule has 0 saturated carbocycles. The average Bonchev–Trinajstić information content (AvgIpc) is 3.10. The van der Waals surface area contributed by atoms with Crippen molar-refractivity contribution in [1.82, 2.24) is 10.2 Å². The Morgan fingerprint density at radius 1 is 1.12 bits per heavy atom. The molecule has 25 heavy (non-hydrogen) atoms. The molecule has 1 aromatic heterocycles. The zero-order chi connectivity index (χ0) is 17.8. The van der Waals surface area contributed by atoms with Crippen LogP contribution in [0.2, 0.25) is 5.02 Å². The minimum absolute atomic E-state index is 0.0223. The molecule has 0 bridgehead atoms. The normalized spacial score (nSPS) is 12.0. The third-order valence-corrected chi connectivity index (χ3v) is 4.71. The van der Waals surface area contributed by atoms with Crippen LogP contribution in [0, 0.1) is 0 Å². The van der Waals surface area contributed by atoms with Crippen LogP contribution < -0.4 is 4.74 Å². The highest BCUT2D eigenvalue weighted by Gasteiger charge is 2.20. The van der Waals surface area contributed by atoms with Crippen LogP contribution in [0.4, 0.5) is 0 Å². The number of hydrogen-bond donors (Lipinski definition) is 0. The van der Waals surface area contributed by atoms with Crippen molar-refractivity contribution in [2.45, 2.75) is 17.4 Å². The summed E-state index contributed by atoms with van der Waals surface area (Å²) in [6, 6.07) is 14.1. The Hall–Kier alpha value is -2.31. The lowest BCUT2D eigenvalue weighted by atomic mass is 10.1. The molecule has 0 radical (unpaired) electrons. The lowest BCUT2D eigenvalue weighted by Crippen LogP contribution is -2.13. The van der Waals surface area contributed by atoms with Crippen LogP contribution in [-0.2, 0) is 0 Å². The number of thioether (sulfide) groups is 1. The van der Waals surface area contributed by atoms with Gasteiger partial charge in [-0.3, -0.25) is 4.79 Å². The SMILES string of the molecule is COc1ccc(-c2nnc(SC(C)C(=O)c3ccc(Cl)cc3)o2)cc1. The molecule has 7 heteroatoms. The Labute approximate surface area is 154 Å². The molecule has 2 aromatic carbocycles. The number of halogens is 1. The second-order valence-electron chi connectivity index (χ2n) is 5.23. The summed E-state index contributed by atoms with van der Waals surface area (Å²) in [5.74, 6) is 1.13. The van der Waals surface area contributed by atoms with E-state index >= 15 is 0 Å². The highest BCUT2D eigenvalue weighted by atomic mass is 35.5. The average molecular weight is 375 g/mol. The summed E-state index contributed by atoms with van der Waals surface area (Å²) in [5, 5.41) is 8.63. The van der Waals surface area contributed by atoms with Crippen molar-refractivity contribution in [3.8, 4) is 17.2 Å². The number of nitrogens with zero attached hydrogens (tertiary/aromatic N) is 2. The molecule has 0 aliphatic heterocycles. The number of aromatic nitrogens is 2. The van der Waals surface area contributed by atoms with E-state index in [1.54, 1.807) is 38.3 Å². The molecule has 0 saturated heterocycles. The van der Waals surface area contributed by atoms with Gasteiger partial charge in [-0.05, 0) is 55.5 Å². The maximum absolute atomic E-state index is 12.4. The van der Waals surface area contributed by atoms with Crippen molar-refractivity contribution >= 4 is 29.1 Å². The number of methoxy groups -OCH3 is 1. The molecule has 1 unspecified atom stereocenters. The fourth-order valence-corrected chi connectivity index (χ4v) is 3.05. The van der Waals surface area contributed by atoms with Gasteiger partial charge in [-0.2, -0.15) is 0 Å². The van der Waals surface area contributed by atoms with Gasteiger partial charge in [0.15, 0.2) is 5.78 Å². The van der Waals surface area contributed by atoms with E-state index in [1.807, 2.05) is 24.3 Å². The Balaban J connectivity index is 1.69. The second-order valence-corrected chi connectivity index (χ2v) is 6.96. The van der Waals surface area contributed by atoms with Crippen molar-refractivity contribution in [3.63, 3.8) is 0 Å². The minimum Gasteiger partial charge on any atom is -0.497 e. The van der Waals surface area contributed by atoms with Crippen LogP contribution in [0.1, 0.15) is 17.3 Å². The van der Waals surface area contributed by atoms with Crippen LogP contribution in [0.25, 0.3) is 11.5 Å². The van der Waals surface area contributed by atoms with E-state index in [-0.39, 0.29) is 11.0 Å². The smallest absolute Gasteiger partial charge is 0.277 e. The summed E-state index contributed by atoms with van der Waals surface area (Å²) in [6.45, 7) is 1.80. The van der Waals surface area contributed by atoms with Crippen LogP contribution in [0.5, 0.6) is 5.75 Å². The summed E-state index contributed by atoms with van der Waals surface area (Å²) in [4.78, 5) is 12.4. The standard InChI is InChI=1S/C18H15ClN2O3S/c1-11(16(22)12-3-7-14(19)8-4-12)25-18-21-20-17(24-18)13-5-9-15(23-2)10-6-13/h3-11H,1-2H3. The Kier molecular flexibility index (Phi) is 5.40. The first-order valence-corrected chi connectivity index (χ1v) is 8.77. The highest BCUT2D eigenvalue weighted by molar-refractivity contribution is 8.00. The Morgan fingerprint density at radius 2 is 1.80 bits per heavy atom. The molecule has 3 aromatic rings. The molecule has 0 N–H and O–H groups in total. The summed E-state index contributed by atoms with van der Waals surface area (Å²) in [5.41, 5.74) is 1.39. The van der Waals surface area contributed by atoms with Gasteiger partial charge in [0, 0.05) is 16.1 Å². The summed E-state index contributed by atoms with van der Waals surface area (Å²) < 4.78 is 10.8. The molecule has 1 heterocycles. The van der Waals surface area contributed by atoms with Gasteiger partial charge in [-0.15, -0.1) is 10.2 Å². The third kappa shape index (κ3) is 4.21. The van der Waals surface area contributed by atoms with Gasteiger partial charge in [0.25, 0.3) is 5.22 Å². The van der Waals surface area contributed by atoms with Gasteiger partial charge in [0.05, 0.1) is 12.4 Å². The van der Waals surface area contributed by atoms with Crippen LogP contribution in [-0.4, -0.2) is 28.3 Å². The summed E-state index contributed by atoms with van der Waals surface area (Å²) in [6.07, 6.45) is 0. The molecule has 0 aliphatic carbocycles. The topological polar surface area (TPSA) is 65.2 Å². The van der Waals surface area contributed by atoms with Crippen molar-refractivity contribution in [3.05, 3.63) is 59.1 Å². The van der Waals surface area contributed by atoms with E-state index in [2.05, 4.69) is 10.2 Å². The number of ether oxygens (including phenoxy) is 1. The van der Waals surface area contributed by atoms with E-state index in [4.69, 9.17) is 20.8 Å². The Bertz CT molecular complexity index is 863. The fraction of sp³-hybridized carbons (Fsp3) is 0.167. The quantitative estimate of drug-likeness (QED) is 0.457. The van der Waals surface area contributed by atoms with E-state index < -0.39 is 0 Å². The van der Waals surface area contributed by atoms with Crippen molar-refractivity contribution in [1.29, 1.82) is 0 Å². The molecule has 1 atom stereocenters. The van der Waals surface area contributed by atoms with Crippen molar-refractivity contribution in [2.24, 2.45) is 0 Å². The number of Topliss-reactive ketones (excluding diaryl/α,β-unsaturated/α-hetero) is 1. The molecular weight excluding hydrogens is 360 g/mol. The minimum atomic E-state index is -0.356. The molecule has 128 valence electrons.